The first kappa shape index (κ1) is 6.80. The molecule has 1 rings (SSSR count). The topological polar surface area (TPSA) is 44.1 Å². The van der Waals surface area contributed by atoms with Crippen molar-refractivity contribution in [2.45, 2.75) is 0 Å². The van der Waals surface area contributed by atoms with Crippen molar-refractivity contribution in [3.63, 3.8) is 0 Å². The molecule has 0 amide bonds. The van der Waals surface area contributed by atoms with Crippen LogP contribution in [0, 0.1) is 0 Å². The minimum absolute atomic E-state index is 0.169. The van der Waals surface area contributed by atoms with E-state index in [0.29, 0.717) is 0 Å². The molecular formula is C6H8N2O2. The molecule has 1 aromatic rings. The minimum atomic E-state index is -0.169. The molecule has 4 nitrogen and oxygen atoms in total. The smallest absolute Gasteiger partial charge is 0.295 e. The fraction of sp³-hybridized carbons (Fsp3) is 0.333. The van der Waals surface area contributed by atoms with Gasteiger partial charge in [0.2, 0.25) is 5.75 Å². The van der Waals surface area contributed by atoms with Gasteiger partial charge in [0.15, 0.2) is 0 Å². The van der Waals surface area contributed by atoms with Crippen molar-refractivity contribution in [2.75, 3.05) is 7.11 Å². The zero-order valence-corrected chi connectivity index (χ0v) is 5.87. The van der Waals surface area contributed by atoms with Crippen LogP contribution in [0.25, 0.3) is 0 Å². The maximum absolute atomic E-state index is 11.0. The van der Waals surface area contributed by atoms with Crippen molar-refractivity contribution in [2.24, 2.45) is 7.05 Å². The number of aryl methyl sites for hydroxylation is 1. The van der Waals surface area contributed by atoms with Crippen LogP contribution in [0.5, 0.6) is 5.75 Å². The third-order valence-electron chi connectivity index (χ3n) is 1.18. The lowest BCUT2D eigenvalue weighted by atomic mass is 10.6. The number of aromatic nitrogens is 2. The van der Waals surface area contributed by atoms with E-state index in [1.807, 2.05) is 0 Å². The zero-order chi connectivity index (χ0) is 7.56. The van der Waals surface area contributed by atoms with Gasteiger partial charge >= 0.3 is 0 Å². The third-order valence-corrected chi connectivity index (χ3v) is 1.18. The summed E-state index contributed by atoms with van der Waals surface area (Å²) in [7, 11) is 3.07. The lowest BCUT2D eigenvalue weighted by molar-refractivity contribution is 0.402. The highest BCUT2D eigenvalue weighted by Gasteiger charge is 1.97. The number of hydrogen-bond donors (Lipinski definition) is 0. The number of rotatable bonds is 1. The molecule has 0 aliphatic carbocycles. The molecule has 4 heteroatoms. The van der Waals surface area contributed by atoms with Gasteiger partial charge in [-0.1, -0.05) is 0 Å². The van der Waals surface area contributed by atoms with Gasteiger partial charge in [0.25, 0.3) is 5.56 Å². The van der Waals surface area contributed by atoms with E-state index in [-0.39, 0.29) is 11.3 Å². The Balaban J connectivity index is 3.28. The molecule has 1 aromatic heterocycles. The van der Waals surface area contributed by atoms with E-state index in [1.54, 1.807) is 7.05 Å². The van der Waals surface area contributed by atoms with E-state index in [9.17, 15) is 4.79 Å². The first-order valence-corrected chi connectivity index (χ1v) is 2.80. The Morgan fingerprint density at radius 3 is 2.90 bits per heavy atom. The molecule has 0 bridgehead atoms. The van der Waals surface area contributed by atoms with Gasteiger partial charge in [-0.2, -0.15) is 0 Å². The summed E-state index contributed by atoms with van der Waals surface area (Å²) in [6.45, 7) is 0. The highest BCUT2D eigenvalue weighted by atomic mass is 16.5. The zero-order valence-electron chi connectivity index (χ0n) is 5.87. The van der Waals surface area contributed by atoms with Gasteiger partial charge in [-0.05, 0) is 0 Å². The molecular weight excluding hydrogens is 132 g/mol. The first-order chi connectivity index (χ1) is 4.75. The molecule has 0 spiro atoms. The fourth-order valence-corrected chi connectivity index (χ4v) is 0.623. The van der Waals surface area contributed by atoms with Crippen LogP contribution in [-0.2, 0) is 7.05 Å². The van der Waals surface area contributed by atoms with Crippen molar-refractivity contribution in [1.82, 2.24) is 9.55 Å². The minimum Gasteiger partial charge on any atom is -0.490 e. The molecule has 1 heterocycles. The standard InChI is InChI=1S/C6H8N2O2/c1-8-4-7-3-5(10-2)6(8)9/h3-4H,1-2H3. The molecule has 0 N–H and O–H groups in total. The summed E-state index contributed by atoms with van der Waals surface area (Å²) in [4.78, 5) is 14.8. The maximum Gasteiger partial charge on any atom is 0.295 e. The lowest BCUT2D eigenvalue weighted by Gasteiger charge is -1.98. The summed E-state index contributed by atoms with van der Waals surface area (Å²) in [6.07, 6.45) is 2.83. The second-order valence-electron chi connectivity index (χ2n) is 1.88. The van der Waals surface area contributed by atoms with Crippen LogP contribution < -0.4 is 10.3 Å². The SMILES string of the molecule is COc1cncn(C)c1=O. The Morgan fingerprint density at radius 1 is 1.70 bits per heavy atom. The van der Waals surface area contributed by atoms with Gasteiger partial charge in [-0.15, -0.1) is 0 Å². The Hall–Kier alpha value is -1.32. The van der Waals surface area contributed by atoms with Crippen LogP contribution in [0.1, 0.15) is 0 Å². The van der Waals surface area contributed by atoms with Crippen LogP contribution >= 0.6 is 0 Å². The van der Waals surface area contributed by atoms with Crippen LogP contribution in [0.4, 0.5) is 0 Å². The number of nitrogens with zero attached hydrogens (tertiary/aromatic N) is 2. The van der Waals surface area contributed by atoms with Crippen LogP contribution in [0.15, 0.2) is 17.3 Å². The molecule has 0 saturated carbocycles. The van der Waals surface area contributed by atoms with E-state index < -0.39 is 0 Å². The molecule has 0 aliphatic heterocycles. The normalized spacial score (nSPS) is 9.40. The third kappa shape index (κ3) is 1.00. The summed E-state index contributed by atoms with van der Waals surface area (Å²) in [5, 5.41) is 0. The van der Waals surface area contributed by atoms with Crippen LogP contribution in [0.2, 0.25) is 0 Å². The average Bonchev–Trinajstić information content (AvgIpc) is 1.95. The van der Waals surface area contributed by atoms with Crippen molar-refractivity contribution in [3.8, 4) is 5.75 Å². The van der Waals surface area contributed by atoms with E-state index in [1.165, 1.54) is 24.2 Å². The van der Waals surface area contributed by atoms with Gasteiger partial charge in [0.1, 0.15) is 0 Å². The molecule has 0 aromatic carbocycles. The van der Waals surface area contributed by atoms with E-state index in [0.717, 1.165) is 0 Å². The average molecular weight is 140 g/mol. The summed E-state index contributed by atoms with van der Waals surface area (Å²) in [5.41, 5.74) is -0.169. The predicted molar refractivity (Wildman–Crippen MR) is 36.0 cm³/mol. The summed E-state index contributed by atoms with van der Waals surface area (Å²) in [6, 6.07) is 0. The Bertz CT molecular complexity index is 279. The number of hydrogen-bond acceptors (Lipinski definition) is 3. The van der Waals surface area contributed by atoms with Crippen molar-refractivity contribution < 1.29 is 4.74 Å². The lowest BCUT2D eigenvalue weighted by Crippen LogP contribution is -2.17. The highest BCUT2D eigenvalue weighted by molar-refractivity contribution is 5.10. The number of ether oxygens (including phenoxy) is 1. The second kappa shape index (κ2) is 2.51. The summed E-state index contributed by atoms with van der Waals surface area (Å²) >= 11 is 0. The Labute approximate surface area is 58.1 Å². The Kier molecular flexibility index (Phi) is 1.71. The van der Waals surface area contributed by atoms with Gasteiger partial charge < -0.3 is 4.74 Å². The maximum atomic E-state index is 11.0. The molecule has 0 aliphatic rings. The van der Waals surface area contributed by atoms with E-state index >= 15 is 0 Å². The van der Waals surface area contributed by atoms with Crippen LogP contribution in [0.3, 0.4) is 0 Å². The van der Waals surface area contributed by atoms with Gasteiger partial charge in [0.05, 0.1) is 19.6 Å². The molecule has 0 atom stereocenters. The summed E-state index contributed by atoms with van der Waals surface area (Å²) in [5.74, 6) is 0.269. The molecule has 10 heavy (non-hydrogen) atoms. The molecule has 0 saturated heterocycles. The molecule has 0 radical (unpaired) electrons. The largest absolute Gasteiger partial charge is 0.490 e. The molecule has 0 unspecified atom stereocenters. The Morgan fingerprint density at radius 2 is 2.40 bits per heavy atom. The predicted octanol–water partition coefficient (Wildman–Crippen LogP) is -0.211. The van der Waals surface area contributed by atoms with E-state index in [4.69, 9.17) is 4.74 Å². The fourth-order valence-electron chi connectivity index (χ4n) is 0.623. The second-order valence-corrected chi connectivity index (χ2v) is 1.88. The molecule has 0 fully saturated rings. The summed E-state index contributed by atoms with van der Waals surface area (Å²) < 4.78 is 6.09. The van der Waals surface area contributed by atoms with Crippen LogP contribution in [-0.4, -0.2) is 16.7 Å². The van der Waals surface area contributed by atoms with Crippen molar-refractivity contribution in [3.05, 3.63) is 22.9 Å². The van der Waals surface area contributed by atoms with Gasteiger partial charge in [-0.3, -0.25) is 9.36 Å². The quantitative estimate of drug-likeness (QED) is 0.542. The molecule has 54 valence electrons. The number of methoxy groups -OCH3 is 1. The van der Waals surface area contributed by atoms with Crippen molar-refractivity contribution in [1.29, 1.82) is 0 Å². The van der Waals surface area contributed by atoms with Gasteiger partial charge in [-0.25, -0.2) is 4.98 Å². The monoisotopic (exact) mass is 140 g/mol. The van der Waals surface area contributed by atoms with E-state index in [2.05, 4.69) is 4.98 Å². The van der Waals surface area contributed by atoms with Crippen molar-refractivity contribution >= 4 is 0 Å². The first-order valence-electron chi connectivity index (χ1n) is 2.80. The highest BCUT2D eigenvalue weighted by Crippen LogP contribution is 1.94. The van der Waals surface area contributed by atoms with Gasteiger partial charge in [0, 0.05) is 7.05 Å².